The Morgan fingerprint density at radius 3 is 2.23 bits per heavy atom. The van der Waals surface area contributed by atoms with E-state index in [1.165, 1.54) is 0 Å². The fourth-order valence-electron chi connectivity index (χ4n) is 2.99. The Hall–Kier alpha value is -2.69. The minimum absolute atomic E-state index is 0.145. The van der Waals surface area contributed by atoms with Crippen molar-refractivity contribution in [3.63, 3.8) is 0 Å². The molecule has 2 aromatic carbocycles. The van der Waals surface area contributed by atoms with E-state index in [0.29, 0.717) is 17.4 Å². The summed E-state index contributed by atoms with van der Waals surface area (Å²) in [6, 6.07) is 11.0. The summed E-state index contributed by atoms with van der Waals surface area (Å²) in [6.07, 6.45) is 0. The SMILES string of the molecule is COc1ccccc1NC(=O)NC(C)c1cc(C(C)C)c(OC)cc1C. The lowest BCUT2D eigenvalue weighted by molar-refractivity contribution is 0.249. The van der Waals surface area contributed by atoms with E-state index >= 15 is 0 Å². The highest BCUT2D eigenvalue weighted by atomic mass is 16.5. The summed E-state index contributed by atoms with van der Waals surface area (Å²) in [5.74, 6) is 1.84. The zero-order chi connectivity index (χ0) is 19.3. The predicted molar refractivity (Wildman–Crippen MR) is 105 cm³/mol. The van der Waals surface area contributed by atoms with E-state index in [0.717, 1.165) is 22.4 Å². The van der Waals surface area contributed by atoms with Crippen molar-refractivity contribution in [2.45, 2.75) is 39.7 Å². The van der Waals surface area contributed by atoms with Gasteiger partial charge in [0, 0.05) is 0 Å². The van der Waals surface area contributed by atoms with Crippen LogP contribution < -0.4 is 20.1 Å². The van der Waals surface area contributed by atoms with Gasteiger partial charge in [-0.1, -0.05) is 26.0 Å². The molecular weight excluding hydrogens is 328 g/mol. The first-order chi connectivity index (χ1) is 12.4. The normalized spacial score (nSPS) is 11.8. The molecule has 1 unspecified atom stereocenters. The van der Waals surface area contributed by atoms with E-state index in [9.17, 15) is 4.79 Å². The predicted octanol–water partition coefficient (Wildman–Crippen LogP) is 5.02. The maximum absolute atomic E-state index is 12.4. The number of hydrogen-bond donors (Lipinski definition) is 2. The summed E-state index contributed by atoms with van der Waals surface area (Å²) in [5.41, 5.74) is 3.92. The van der Waals surface area contributed by atoms with Crippen molar-refractivity contribution in [1.82, 2.24) is 5.32 Å². The molecule has 5 nitrogen and oxygen atoms in total. The number of para-hydroxylation sites is 2. The van der Waals surface area contributed by atoms with Gasteiger partial charge in [-0.15, -0.1) is 0 Å². The standard InChI is InChI=1S/C21H28N2O3/c1-13(2)16-12-17(14(3)11-20(16)26-6)15(4)22-21(24)23-18-9-7-8-10-19(18)25-5/h7-13,15H,1-6H3,(H2,22,23,24). The fraction of sp³-hybridized carbons (Fsp3) is 0.381. The van der Waals surface area contributed by atoms with E-state index < -0.39 is 0 Å². The quantitative estimate of drug-likeness (QED) is 0.764. The van der Waals surface area contributed by atoms with E-state index in [2.05, 4.69) is 30.5 Å². The number of rotatable bonds is 6. The van der Waals surface area contributed by atoms with Gasteiger partial charge in [-0.2, -0.15) is 0 Å². The van der Waals surface area contributed by atoms with Crippen molar-refractivity contribution in [2.24, 2.45) is 0 Å². The molecule has 0 fully saturated rings. The third-order valence-corrected chi connectivity index (χ3v) is 4.41. The van der Waals surface area contributed by atoms with Gasteiger partial charge in [-0.05, 0) is 60.7 Å². The minimum Gasteiger partial charge on any atom is -0.496 e. The average molecular weight is 356 g/mol. The first-order valence-corrected chi connectivity index (χ1v) is 8.76. The number of methoxy groups -OCH3 is 2. The number of anilines is 1. The Bertz CT molecular complexity index is 772. The number of urea groups is 1. The van der Waals surface area contributed by atoms with Gasteiger partial charge in [0.25, 0.3) is 0 Å². The Balaban J connectivity index is 2.17. The molecule has 0 radical (unpaired) electrons. The number of carbonyl (C=O) groups excluding carboxylic acids is 1. The second kappa shape index (κ2) is 8.61. The Labute approximate surface area is 155 Å². The molecule has 1 atom stereocenters. The van der Waals surface area contributed by atoms with Gasteiger partial charge in [-0.25, -0.2) is 4.79 Å². The molecule has 0 aromatic heterocycles. The molecular formula is C21H28N2O3. The van der Waals surface area contributed by atoms with Gasteiger partial charge in [-0.3, -0.25) is 0 Å². The molecule has 0 aliphatic carbocycles. The number of carbonyl (C=O) groups is 1. The van der Waals surface area contributed by atoms with Crippen molar-refractivity contribution in [1.29, 1.82) is 0 Å². The van der Waals surface area contributed by atoms with Crippen molar-refractivity contribution in [3.05, 3.63) is 53.1 Å². The Kier molecular flexibility index (Phi) is 6.50. The number of aryl methyl sites for hydroxylation is 1. The maximum Gasteiger partial charge on any atom is 0.319 e. The zero-order valence-electron chi connectivity index (χ0n) is 16.3. The third-order valence-electron chi connectivity index (χ3n) is 4.41. The molecule has 0 spiro atoms. The van der Waals surface area contributed by atoms with Crippen LogP contribution >= 0.6 is 0 Å². The van der Waals surface area contributed by atoms with Crippen molar-refractivity contribution >= 4 is 11.7 Å². The van der Waals surface area contributed by atoms with E-state index in [4.69, 9.17) is 9.47 Å². The smallest absolute Gasteiger partial charge is 0.319 e. The van der Waals surface area contributed by atoms with E-state index in [-0.39, 0.29) is 12.1 Å². The van der Waals surface area contributed by atoms with Crippen LogP contribution in [-0.2, 0) is 0 Å². The number of amides is 2. The van der Waals surface area contributed by atoms with Gasteiger partial charge >= 0.3 is 6.03 Å². The van der Waals surface area contributed by atoms with Gasteiger partial charge < -0.3 is 20.1 Å². The highest BCUT2D eigenvalue weighted by Gasteiger charge is 2.17. The molecule has 0 saturated carbocycles. The van der Waals surface area contributed by atoms with Crippen LogP contribution in [-0.4, -0.2) is 20.3 Å². The first kappa shape index (κ1) is 19.6. The molecule has 0 bridgehead atoms. The van der Waals surface area contributed by atoms with Crippen LogP contribution in [0.5, 0.6) is 11.5 Å². The van der Waals surface area contributed by atoms with E-state index in [1.807, 2.05) is 38.1 Å². The van der Waals surface area contributed by atoms with Crippen molar-refractivity contribution in [3.8, 4) is 11.5 Å². The summed E-state index contributed by atoms with van der Waals surface area (Å²) in [5, 5.41) is 5.84. The molecule has 2 N–H and O–H groups in total. The second-order valence-corrected chi connectivity index (χ2v) is 6.63. The summed E-state index contributed by atoms with van der Waals surface area (Å²) in [7, 11) is 3.26. The first-order valence-electron chi connectivity index (χ1n) is 8.76. The highest BCUT2D eigenvalue weighted by molar-refractivity contribution is 5.91. The summed E-state index contributed by atoms with van der Waals surface area (Å²) < 4.78 is 10.8. The molecule has 0 saturated heterocycles. The second-order valence-electron chi connectivity index (χ2n) is 6.63. The molecule has 2 aromatic rings. The van der Waals surface area contributed by atoms with E-state index in [1.54, 1.807) is 20.3 Å². The lowest BCUT2D eigenvalue weighted by atomic mass is 9.93. The molecule has 26 heavy (non-hydrogen) atoms. The number of nitrogens with one attached hydrogen (secondary N) is 2. The number of ether oxygens (including phenoxy) is 2. The number of hydrogen-bond acceptors (Lipinski definition) is 3. The monoisotopic (exact) mass is 356 g/mol. The summed E-state index contributed by atoms with van der Waals surface area (Å²) in [6.45, 7) is 8.26. The number of benzene rings is 2. The van der Waals surface area contributed by atoms with Gasteiger partial charge in [0.15, 0.2) is 0 Å². The Morgan fingerprint density at radius 1 is 0.962 bits per heavy atom. The molecule has 5 heteroatoms. The third kappa shape index (κ3) is 4.48. The topological polar surface area (TPSA) is 59.6 Å². The Morgan fingerprint density at radius 2 is 1.62 bits per heavy atom. The van der Waals surface area contributed by atoms with Crippen LogP contribution in [0.15, 0.2) is 36.4 Å². The van der Waals surface area contributed by atoms with Gasteiger partial charge in [0.2, 0.25) is 0 Å². The molecule has 2 amide bonds. The molecule has 0 aliphatic heterocycles. The van der Waals surface area contributed by atoms with Crippen LogP contribution in [0, 0.1) is 6.92 Å². The maximum atomic E-state index is 12.4. The van der Waals surface area contributed by atoms with Gasteiger partial charge in [0.05, 0.1) is 25.9 Å². The van der Waals surface area contributed by atoms with Crippen LogP contribution in [0.25, 0.3) is 0 Å². The molecule has 0 aliphatic rings. The van der Waals surface area contributed by atoms with Crippen LogP contribution in [0.2, 0.25) is 0 Å². The summed E-state index contributed by atoms with van der Waals surface area (Å²) >= 11 is 0. The highest BCUT2D eigenvalue weighted by Crippen LogP contribution is 2.32. The molecule has 0 heterocycles. The molecule has 140 valence electrons. The average Bonchev–Trinajstić information content (AvgIpc) is 2.61. The van der Waals surface area contributed by atoms with Crippen LogP contribution in [0.4, 0.5) is 10.5 Å². The van der Waals surface area contributed by atoms with Crippen LogP contribution in [0.1, 0.15) is 49.4 Å². The zero-order valence-corrected chi connectivity index (χ0v) is 16.3. The largest absolute Gasteiger partial charge is 0.496 e. The lowest BCUT2D eigenvalue weighted by Crippen LogP contribution is -2.31. The van der Waals surface area contributed by atoms with Crippen molar-refractivity contribution in [2.75, 3.05) is 19.5 Å². The fourth-order valence-corrected chi connectivity index (χ4v) is 2.99. The lowest BCUT2D eigenvalue weighted by Gasteiger charge is -2.21. The van der Waals surface area contributed by atoms with Gasteiger partial charge in [0.1, 0.15) is 11.5 Å². The molecule has 2 rings (SSSR count). The van der Waals surface area contributed by atoms with Crippen molar-refractivity contribution < 1.29 is 14.3 Å². The van der Waals surface area contributed by atoms with Crippen LogP contribution in [0.3, 0.4) is 0 Å². The minimum atomic E-state index is -0.275. The summed E-state index contributed by atoms with van der Waals surface area (Å²) in [4.78, 5) is 12.4.